The van der Waals surface area contributed by atoms with Crippen molar-refractivity contribution in [2.45, 2.75) is 28.5 Å². The Morgan fingerprint density at radius 1 is 1.16 bits per heavy atom. The van der Waals surface area contributed by atoms with Gasteiger partial charge in [0.05, 0.1) is 4.92 Å². The Hall–Kier alpha value is -0.730. The molecule has 6 unspecified atom stereocenters. The van der Waals surface area contributed by atoms with E-state index in [0.717, 1.165) is 12.0 Å². The van der Waals surface area contributed by atoms with E-state index in [4.69, 9.17) is 9.78 Å². The van der Waals surface area contributed by atoms with Crippen molar-refractivity contribution in [3.05, 3.63) is 39.9 Å². The second-order valence-electron chi connectivity index (χ2n) is 5.50. The number of halogens is 1. The molecule has 5 nitrogen and oxygen atoms in total. The van der Waals surface area contributed by atoms with Gasteiger partial charge >= 0.3 is 0 Å². The van der Waals surface area contributed by atoms with Crippen LogP contribution in [0.5, 0.6) is 0 Å². The summed E-state index contributed by atoms with van der Waals surface area (Å²) in [6.07, 6.45) is 1.51. The Morgan fingerprint density at radius 3 is 2.53 bits per heavy atom. The van der Waals surface area contributed by atoms with Gasteiger partial charge in [0.15, 0.2) is 0 Å². The van der Waals surface area contributed by atoms with Crippen LogP contribution in [0.1, 0.15) is 17.9 Å². The van der Waals surface area contributed by atoms with Gasteiger partial charge in [0.25, 0.3) is 5.69 Å². The van der Waals surface area contributed by atoms with Gasteiger partial charge in [-0.25, -0.2) is 9.78 Å². The lowest BCUT2D eigenvalue weighted by molar-refractivity contribution is -0.384. The zero-order valence-electron chi connectivity index (χ0n) is 9.94. The number of nitro benzene ring substituents is 1. The molecule has 0 spiro atoms. The molecule has 6 heteroatoms. The second kappa shape index (κ2) is 4.13. The first kappa shape index (κ1) is 12.0. The second-order valence-corrected chi connectivity index (χ2v) is 6.94. The van der Waals surface area contributed by atoms with E-state index in [1.54, 1.807) is 12.1 Å². The number of rotatable bonds is 2. The molecule has 1 aromatic carbocycles. The number of benzene rings is 1. The third kappa shape index (κ3) is 1.59. The van der Waals surface area contributed by atoms with Crippen molar-refractivity contribution in [3.63, 3.8) is 0 Å². The molecule has 2 saturated carbocycles. The van der Waals surface area contributed by atoms with Gasteiger partial charge in [-0.15, -0.1) is 0 Å². The van der Waals surface area contributed by atoms with E-state index in [9.17, 15) is 10.1 Å². The molecule has 1 saturated heterocycles. The van der Waals surface area contributed by atoms with E-state index >= 15 is 0 Å². The fourth-order valence-electron chi connectivity index (χ4n) is 3.87. The summed E-state index contributed by atoms with van der Waals surface area (Å²) in [5.74, 6) is 1.36. The van der Waals surface area contributed by atoms with Crippen LogP contribution in [0.25, 0.3) is 0 Å². The average Bonchev–Trinajstić information content (AvgIpc) is 3.01. The molecular formula is C13H12INO4. The van der Waals surface area contributed by atoms with Crippen LogP contribution >= 0.6 is 22.6 Å². The largest absolute Gasteiger partial charge is 0.269 e. The summed E-state index contributed by atoms with van der Waals surface area (Å²) in [7, 11) is 0. The van der Waals surface area contributed by atoms with Crippen molar-refractivity contribution in [1.29, 1.82) is 0 Å². The molecule has 1 aromatic rings. The molecular weight excluding hydrogens is 361 g/mol. The summed E-state index contributed by atoms with van der Waals surface area (Å²) in [5, 5.41) is 10.7. The number of non-ortho nitro benzene ring substituents is 1. The summed E-state index contributed by atoms with van der Waals surface area (Å²) in [5.41, 5.74) is 1.27. The average molecular weight is 373 g/mol. The SMILES string of the molecule is O=[N+]([O-])c1ccc(C2C3CC4C(OOC42)C3I)cc1. The molecule has 2 bridgehead atoms. The van der Waals surface area contributed by atoms with E-state index in [1.165, 1.54) is 0 Å². The topological polar surface area (TPSA) is 61.6 Å². The highest BCUT2D eigenvalue weighted by atomic mass is 127. The standard InChI is InChI=1S/C13H12INO4/c14-11-8-5-9-12(18-19-13(9)11)10(8)6-1-3-7(4-2-6)15(16)17/h1-4,8-13H,5H2. The van der Waals surface area contributed by atoms with Crippen molar-refractivity contribution in [2.24, 2.45) is 11.8 Å². The predicted octanol–water partition coefficient (Wildman–Crippen LogP) is 2.83. The molecule has 19 heavy (non-hydrogen) atoms. The van der Waals surface area contributed by atoms with Crippen LogP contribution in [-0.2, 0) is 9.78 Å². The molecule has 0 amide bonds. The van der Waals surface area contributed by atoms with Crippen LogP contribution in [0.15, 0.2) is 24.3 Å². The maximum Gasteiger partial charge on any atom is 0.269 e. The molecule has 3 fully saturated rings. The molecule has 4 rings (SSSR count). The van der Waals surface area contributed by atoms with E-state index in [1.807, 2.05) is 12.1 Å². The number of nitrogens with zero attached hydrogens (tertiary/aromatic N) is 1. The van der Waals surface area contributed by atoms with E-state index < -0.39 is 0 Å². The quantitative estimate of drug-likeness (QED) is 0.263. The zero-order chi connectivity index (χ0) is 13.1. The number of fused-ring (bicyclic) bond motifs is 1. The Labute approximate surface area is 123 Å². The number of hydrogen-bond acceptors (Lipinski definition) is 4. The smallest absolute Gasteiger partial charge is 0.258 e. The first-order valence-electron chi connectivity index (χ1n) is 6.37. The first-order valence-corrected chi connectivity index (χ1v) is 7.62. The van der Waals surface area contributed by atoms with Crippen LogP contribution < -0.4 is 0 Å². The van der Waals surface area contributed by atoms with Crippen LogP contribution in [0.2, 0.25) is 0 Å². The fourth-order valence-corrected chi connectivity index (χ4v) is 5.27. The minimum atomic E-state index is -0.364. The van der Waals surface area contributed by atoms with Crippen molar-refractivity contribution in [3.8, 4) is 0 Å². The lowest BCUT2D eigenvalue weighted by Gasteiger charge is -2.28. The van der Waals surface area contributed by atoms with Crippen molar-refractivity contribution < 1.29 is 14.7 Å². The summed E-state index contributed by atoms with van der Waals surface area (Å²) < 4.78 is 0.474. The fraction of sp³-hybridized carbons (Fsp3) is 0.538. The number of hydrogen-bond donors (Lipinski definition) is 0. The summed E-state index contributed by atoms with van der Waals surface area (Å²) in [4.78, 5) is 21.3. The Balaban J connectivity index is 1.68. The van der Waals surface area contributed by atoms with Crippen molar-refractivity contribution >= 4 is 28.3 Å². The van der Waals surface area contributed by atoms with Gasteiger partial charge in [-0.3, -0.25) is 10.1 Å². The molecule has 1 aliphatic heterocycles. The Morgan fingerprint density at radius 2 is 1.84 bits per heavy atom. The van der Waals surface area contributed by atoms with Gasteiger partial charge < -0.3 is 0 Å². The predicted molar refractivity (Wildman–Crippen MR) is 75.0 cm³/mol. The normalized spacial score (nSPS) is 42.8. The van der Waals surface area contributed by atoms with Gasteiger partial charge in [-0.05, 0) is 17.9 Å². The maximum atomic E-state index is 10.7. The Bertz CT molecular complexity index is 534. The summed E-state index contributed by atoms with van der Waals surface area (Å²) >= 11 is 2.46. The summed E-state index contributed by atoms with van der Waals surface area (Å²) in [6, 6.07) is 6.89. The highest BCUT2D eigenvalue weighted by molar-refractivity contribution is 14.1. The molecule has 3 aliphatic rings. The van der Waals surface area contributed by atoms with Gasteiger partial charge in [-0.1, -0.05) is 34.7 Å². The molecule has 6 atom stereocenters. The molecule has 0 radical (unpaired) electrons. The van der Waals surface area contributed by atoms with Gasteiger partial charge in [-0.2, -0.15) is 0 Å². The maximum absolute atomic E-state index is 10.7. The van der Waals surface area contributed by atoms with Crippen molar-refractivity contribution in [2.75, 3.05) is 0 Å². The van der Waals surface area contributed by atoms with Crippen LogP contribution in [0.3, 0.4) is 0 Å². The van der Waals surface area contributed by atoms with Gasteiger partial charge in [0.1, 0.15) is 12.2 Å². The Kier molecular flexibility index (Phi) is 2.62. The lowest BCUT2D eigenvalue weighted by Crippen LogP contribution is -2.34. The third-order valence-electron chi connectivity index (χ3n) is 4.69. The molecule has 1 heterocycles. The first-order chi connectivity index (χ1) is 9.16. The van der Waals surface area contributed by atoms with E-state index in [-0.39, 0.29) is 22.8 Å². The highest BCUT2D eigenvalue weighted by Gasteiger charge is 2.63. The zero-order valence-corrected chi connectivity index (χ0v) is 12.1. The van der Waals surface area contributed by atoms with Crippen LogP contribution in [-0.4, -0.2) is 21.1 Å². The number of alkyl halides is 1. The van der Waals surface area contributed by atoms with Gasteiger partial charge in [0.2, 0.25) is 0 Å². The highest BCUT2D eigenvalue weighted by Crippen LogP contribution is 2.60. The molecule has 0 aromatic heterocycles. The van der Waals surface area contributed by atoms with Crippen LogP contribution in [0.4, 0.5) is 5.69 Å². The van der Waals surface area contributed by atoms with E-state index in [2.05, 4.69) is 22.6 Å². The monoisotopic (exact) mass is 373 g/mol. The lowest BCUT2D eigenvalue weighted by atomic mass is 9.80. The van der Waals surface area contributed by atoms with E-state index in [0.29, 0.717) is 21.7 Å². The number of nitro groups is 1. The minimum Gasteiger partial charge on any atom is -0.258 e. The van der Waals surface area contributed by atoms with Crippen LogP contribution in [0, 0.1) is 22.0 Å². The van der Waals surface area contributed by atoms with Crippen molar-refractivity contribution in [1.82, 2.24) is 0 Å². The minimum absolute atomic E-state index is 0.127. The molecule has 2 aliphatic carbocycles. The summed E-state index contributed by atoms with van der Waals surface area (Å²) in [6.45, 7) is 0. The van der Waals surface area contributed by atoms with Gasteiger partial charge in [0, 0.05) is 27.9 Å². The molecule has 0 N–H and O–H groups in total. The third-order valence-corrected chi connectivity index (χ3v) is 6.33. The molecule has 100 valence electrons.